The molecule has 1 N–H and O–H groups in total. The van der Waals surface area contributed by atoms with Gasteiger partial charge in [-0.05, 0) is 26.2 Å². The normalized spacial score (nSPS) is 33.5. The molecular weight excluding hydrogens is 260 g/mol. The van der Waals surface area contributed by atoms with Crippen LogP contribution in [-0.4, -0.2) is 65.8 Å². The van der Waals surface area contributed by atoms with Gasteiger partial charge in [-0.25, -0.2) is 4.79 Å². The van der Waals surface area contributed by atoms with Crippen LogP contribution in [0.2, 0.25) is 0 Å². The van der Waals surface area contributed by atoms with E-state index in [1.165, 1.54) is 0 Å². The number of nitrogens with zero attached hydrogens (tertiary/aromatic N) is 2. The zero-order valence-electron chi connectivity index (χ0n) is 12.5. The number of carboxylic acids is 1. The quantitative estimate of drug-likeness (QED) is 0.850. The van der Waals surface area contributed by atoms with Crippen molar-refractivity contribution in [1.29, 1.82) is 0 Å². The molecule has 2 rings (SSSR count). The molecule has 0 spiro atoms. The molecule has 20 heavy (non-hydrogen) atoms. The monoisotopic (exact) mass is 284 g/mol. The molecule has 2 heterocycles. The Morgan fingerprint density at radius 1 is 1.50 bits per heavy atom. The molecule has 0 aliphatic carbocycles. The first kappa shape index (κ1) is 15.1. The van der Waals surface area contributed by atoms with Gasteiger partial charge in [-0.1, -0.05) is 6.92 Å². The molecule has 2 aliphatic heterocycles. The van der Waals surface area contributed by atoms with Crippen LogP contribution >= 0.6 is 0 Å². The molecular formula is C14H24N2O4. The summed E-state index contributed by atoms with van der Waals surface area (Å²) in [6, 6.07) is 0.00730. The summed E-state index contributed by atoms with van der Waals surface area (Å²) in [7, 11) is 1.78. The Bertz CT molecular complexity index is 401. The minimum atomic E-state index is -0.796. The van der Waals surface area contributed by atoms with Crippen molar-refractivity contribution in [3.05, 3.63) is 0 Å². The van der Waals surface area contributed by atoms with Crippen molar-refractivity contribution in [3.63, 3.8) is 0 Å². The van der Waals surface area contributed by atoms with E-state index in [9.17, 15) is 14.7 Å². The van der Waals surface area contributed by atoms with Crippen LogP contribution < -0.4 is 0 Å². The number of hydrogen-bond donors (Lipinski definition) is 1. The highest BCUT2D eigenvalue weighted by Gasteiger charge is 2.46. The van der Waals surface area contributed by atoms with Gasteiger partial charge in [0.2, 0.25) is 0 Å². The molecule has 0 aromatic carbocycles. The van der Waals surface area contributed by atoms with Gasteiger partial charge in [0.25, 0.3) is 0 Å². The molecule has 0 aromatic rings. The summed E-state index contributed by atoms with van der Waals surface area (Å²) < 4.78 is 5.49. The lowest BCUT2D eigenvalue weighted by Crippen LogP contribution is -2.48. The minimum Gasteiger partial charge on any atom is -0.481 e. The summed E-state index contributed by atoms with van der Waals surface area (Å²) in [6.45, 7) is 5.35. The van der Waals surface area contributed by atoms with Crippen LogP contribution in [0.1, 0.15) is 33.1 Å². The third kappa shape index (κ3) is 2.49. The molecule has 0 bridgehead atoms. The van der Waals surface area contributed by atoms with Crippen molar-refractivity contribution in [2.75, 3.05) is 26.7 Å². The van der Waals surface area contributed by atoms with Crippen molar-refractivity contribution in [3.8, 4) is 0 Å². The van der Waals surface area contributed by atoms with E-state index in [1.54, 1.807) is 16.8 Å². The maximum atomic E-state index is 12.5. The summed E-state index contributed by atoms with van der Waals surface area (Å²) in [5.41, 5.74) is -0.770. The molecule has 6 heteroatoms. The molecule has 0 aromatic heterocycles. The molecule has 2 saturated heterocycles. The lowest BCUT2D eigenvalue weighted by molar-refractivity contribution is -0.148. The first-order valence-electron chi connectivity index (χ1n) is 7.28. The Hall–Kier alpha value is -1.30. The van der Waals surface area contributed by atoms with Crippen molar-refractivity contribution in [1.82, 2.24) is 9.80 Å². The second kappa shape index (κ2) is 5.60. The van der Waals surface area contributed by atoms with E-state index in [0.717, 1.165) is 6.42 Å². The number of likely N-dealkylation sites (tertiary alicyclic amines) is 1. The van der Waals surface area contributed by atoms with E-state index < -0.39 is 11.4 Å². The van der Waals surface area contributed by atoms with Crippen molar-refractivity contribution >= 4 is 12.0 Å². The van der Waals surface area contributed by atoms with Crippen LogP contribution in [0.15, 0.2) is 0 Å². The largest absolute Gasteiger partial charge is 0.481 e. The summed E-state index contributed by atoms with van der Waals surface area (Å²) in [6.07, 6.45) is 1.98. The van der Waals surface area contributed by atoms with Gasteiger partial charge in [0.05, 0.1) is 17.6 Å². The predicted molar refractivity (Wildman–Crippen MR) is 73.5 cm³/mol. The molecule has 0 radical (unpaired) electrons. The highest BCUT2D eigenvalue weighted by Crippen LogP contribution is 2.35. The van der Waals surface area contributed by atoms with Crippen molar-refractivity contribution < 1.29 is 19.4 Å². The molecule has 3 atom stereocenters. The number of aliphatic carboxylic acids is 1. The number of likely N-dealkylation sites (N-methyl/N-ethyl adjacent to an activating group) is 1. The lowest BCUT2D eigenvalue weighted by atomic mass is 9.84. The van der Waals surface area contributed by atoms with Gasteiger partial charge in [-0.3, -0.25) is 4.79 Å². The van der Waals surface area contributed by atoms with Crippen LogP contribution in [0, 0.1) is 5.41 Å². The highest BCUT2D eigenvalue weighted by atomic mass is 16.5. The van der Waals surface area contributed by atoms with Crippen LogP contribution in [-0.2, 0) is 9.53 Å². The Balaban J connectivity index is 2.02. The summed E-state index contributed by atoms with van der Waals surface area (Å²) >= 11 is 0. The molecule has 6 nitrogen and oxygen atoms in total. The van der Waals surface area contributed by atoms with E-state index in [4.69, 9.17) is 4.74 Å². The Morgan fingerprint density at radius 3 is 2.65 bits per heavy atom. The number of carbonyl (C=O) groups excluding carboxylic acids is 1. The summed E-state index contributed by atoms with van der Waals surface area (Å²) in [5.74, 6) is -0.796. The van der Waals surface area contributed by atoms with Crippen LogP contribution in [0.4, 0.5) is 4.79 Å². The Morgan fingerprint density at radius 2 is 2.20 bits per heavy atom. The van der Waals surface area contributed by atoms with Gasteiger partial charge in [0.1, 0.15) is 0 Å². The summed E-state index contributed by atoms with van der Waals surface area (Å²) in [4.78, 5) is 27.3. The van der Waals surface area contributed by atoms with Crippen LogP contribution in [0.5, 0.6) is 0 Å². The maximum Gasteiger partial charge on any atom is 0.320 e. The Kier molecular flexibility index (Phi) is 4.22. The molecule has 2 aliphatic rings. The zero-order valence-corrected chi connectivity index (χ0v) is 12.5. The fraction of sp³-hybridized carbons (Fsp3) is 0.857. The number of urea groups is 1. The lowest BCUT2D eigenvalue weighted by Gasteiger charge is -2.31. The second-order valence-corrected chi connectivity index (χ2v) is 5.94. The second-order valence-electron chi connectivity index (χ2n) is 5.94. The highest BCUT2D eigenvalue weighted by molar-refractivity contribution is 5.80. The van der Waals surface area contributed by atoms with E-state index in [0.29, 0.717) is 32.5 Å². The standard InChI is InChI=1S/C14H24N2O4/c1-4-14(12(17)18)6-7-16(9-14)13(19)15(3)11-5-8-20-10(11)2/h10-11H,4-9H2,1-3H3,(H,17,18). The van der Waals surface area contributed by atoms with Crippen LogP contribution in [0.3, 0.4) is 0 Å². The van der Waals surface area contributed by atoms with Gasteiger partial charge >= 0.3 is 12.0 Å². The number of carbonyl (C=O) groups is 2. The van der Waals surface area contributed by atoms with E-state index >= 15 is 0 Å². The van der Waals surface area contributed by atoms with Gasteiger partial charge in [0, 0.05) is 26.7 Å². The molecule has 2 amide bonds. The van der Waals surface area contributed by atoms with E-state index in [-0.39, 0.29) is 18.2 Å². The third-order valence-electron chi connectivity index (χ3n) is 4.89. The Labute approximate surface area is 119 Å². The SMILES string of the molecule is CCC1(C(=O)O)CCN(C(=O)N(C)C2CCOC2C)C1. The average Bonchev–Trinajstić information content (AvgIpc) is 3.04. The average molecular weight is 284 g/mol. The first-order chi connectivity index (χ1) is 9.41. The maximum absolute atomic E-state index is 12.5. The molecule has 2 fully saturated rings. The summed E-state index contributed by atoms with van der Waals surface area (Å²) in [5, 5.41) is 9.38. The van der Waals surface area contributed by atoms with Gasteiger partial charge in [0.15, 0.2) is 0 Å². The van der Waals surface area contributed by atoms with Gasteiger partial charge in [-0.2, -0.15) is 0 Å². The topological polar surface area (TPSA) is 70.1 Å². The predicted octanol–water partition coefficient (Wildman–Crippen LogP) is 1.40. The van der Waals surface area contributed by atoms with E-state index in [2.05, 4.69) is 0 Å². The van der Waals surface area contributed by atoms with Crippen LogP contribution in [0.25, 0.3) is 0 Å². The number of rotatable bonds is 3. The van der Waals surface area contributed by atoms with Gasteiger partial charge < -0.3 is 19.6 Å². The zero-order chi connectivity index (χ0) is 14.9. The fourth-order valence-corrected chi connectivity index (χ4v) is 3.24. The molecule has 114 valence electrons. The molecule has 3 unspecified atom stereocenters. The van der Waals surface area contributed by atoms with Crippen molar-refractivity contribution in [2.24, 2.45) is 5.41 Å². The number of hydrogen-bond acceptors (Lipinski definition) is 3. The third-order valence-corrected chi connectivity index (χ3v) is 4.89. The number of ether oxygens (including phenoxy) is 1. The molecule has 0 saturated carbocycles. The first-order valence-corrected chi connectivity index (χ1v) is 7.28. The minimum absolute atomic E-state index is 0.0435. The fourth-order valence-electron chi connectivity index (χ4n) is 3.24. The number of amides is 2. The van der Waals surface area contributed by atoms with E-state index in [1.807, 2.05) is 13.8 Å². The van der Waals surface area contributed by atoms with Gasteiger partial charge in [-0.15, -0.1) is 0 Å². The smallest absolute Gasteiger partial charge is 0.320 e. The van der Waals surface area contributed by atoms with Crippen molar-refractivity contribution in [2.45, 2.75) is 45.3 Å². The number of carboxylic acid groups (broad SMARTS) is 1.